The Labute approximate surface area is 223 Å². The van der Waals surface area contributed by atoms with E-state index in [-0.39, 0.29) is 5.41 Å². The van der Waals surface area contributed by atoms with Gasteiger partial charge in [0.05, 0.1) is 24.0 Å². The molecule has 0 radical (unpaired) electrons. The Hall–Kier alpha value is -1.98. The smallest absolute Gasteiger partial charge is 0.125 e. The highest BCUT2D eigenvalue weighted by molar-refractivity contribution is 7.88. The summed E-state index contributed by atoms with van der Waals surface area (Å²) in [5.41, 5.74) is 3.61. The number of benzene rings is 3. The Morgan fingerprint density at radius 3 is 1.69 bits per heavy atom. The number of alkyl halides is 1. The molecule has 1 aliphatic rings. The van der Waals surface area contributed by atoms with Crippen molar-refractivity contribution >= 4 is 22.4 Å². The summed E-state index contributed by atoms with van der Waals surface area (Å²) in [6.07, 6.45) is 5.19. The summed E-state index contributed by atoms with van der Waals surface area (Å²) in [5.74, 6) is 0. The third-order valence-electron chi connectivity index (χ3n) is 6.86. The van der Waals surface area contributed by atoms with E-state index in [0.717, 1.165) is 36.1 Å². The van der Waals surface area contributed by atoms with Gasteiger partial charge in [-0.05, 0) is 68.7 Å². The molecule has 3 aromatic carbocycles. The van der Waals surface area contributed by atoms with Crippen LogP contribution in [0.25, 0.3) is 0 Å². The zero-order valence-corrected chi connectivity index (χ0v) is 22.7. The molecule has 0 bridgehead atoms. The standard InChI is InChI=1S/C31H37ClO3S/c1-26-16-18-29(19-17-26)36(33)31(32)22-30(23-31,24-34-20-8-14-27-10-4-2-5-11-27)25-35-21-9-15-28-12-6-3-7-13-28/h2-7,10-13,16-19H,8-9,14-15,20-25H2,1H3. The number of ether oxygens (including phenoxy) is 2. The van der Waals surface area contributed by atoms with Gasteiger partial charge < -0.3 is 9.47 Å². The number of aryl methyl sites for hydroxylation is 3. The van der Waals surface area contributed by atoms with Gasteiger partial charge in [-0.25, -0.2) is 0 Å². The predicted molar refractivity (Wildman–Crippen MR) is 149 cm³/mol. The van der Waals surface area contributed by atoms with E-state index >= 15 is 0 Å². The molecule has 0 saturated heterocycles. The first-order chi connectivity index (χ1) is 17.5. The van der Waals surface area contributed by atoms with Crippen LogP contribution in [0.15, 0.2) is 89.8 Å². The summed E-state index contributed by atoms with van der Waals surface area (Å²) in [6.45, 7) is 4.59. The lowest BCUT2D eigenvalue weighted by Gasteiger charge is -2.51. The van der Waals surface area contributed by atoms with Crippen LogP contribution in [0.5, 0.6) is 0 Å². The molecule has 1 saturated carbocycles. The summed E-state index contributed by atoms with van der Waals surface area (Å²) >= 11 is 6.95. The van der Waals surface area contributed by atoms with Crippen molar-refractivity contribution in [3.63, 3.8) is 0 Å². The van der Waals surface area contributed by atoms with Crippen molar-refractivity contribution in [2.75, 3.05) is 26.4 Å². The van der Waals surface area contributed by atoms with Crippen molar-refractivity contribution in [1.82, 2.24) is 0 Å². The Bertz CT molecular complexity index is 1030. The molecule has 4 rings (SSSR count). The van der Waals surface area contributed by atoms with Crippen LogP contribution in [0.1, 0.15) is 42.4 Å². The molecule has 1 unspecified atom stereocenters. The first-order valence-corrected chi connectivity index (χ1v) is 14.4. The van der Waals surface area contributed by atoms with Crippen LogP contribution in [0.3, 0.4) is 0 Å². The third kappa shape index (κ3) is 7.52. The maximum Gasteiger partial charge on any atom is 0.125 e. The number of halogens is 1. The minimum Gasteiger partial charge on any atom is -0.381 e. The second-order valence-corrected chi connectivity index (χ2v) is 12.8. The Balaban J connectivity index is 1.28. The second kappa shape index (κ2) is 13.0. The first kappa shape index (κ1) is 27.1. The highest BCUT2D eigenvalue weighted by Crippen LogP contribution is 2.56. The van der Waals surface area contributed by atoms with Gasteiger partial charge >= 0.3 is 0 Å². The fraction of sp³-hybridized carbons (Fsp3) is 0.419. The van der Waals surface area contributed by atoms with Gasteiger partial charge in [-0.1, -0.05) is 78.4 Å². The van der Waals surface area contributed by atoms with E-state index in [2.05, 4.69) is 48.5 Å². The highest BCUT2D eigenvalue weighted by Gasteiger charge is 2.57. The number of rotatable bonds is 14. The van der Waals surface area contributed by atoms with Gasteiger partial charge in [-0.2, -0.15) is 0 Å². The molecule has 1 fully saturated rings. The van der Waals surface area contributed by atoms with Crippen LogP contribution >= 0.6 is 11.6 Å². The molecule has 1 aliphatic carbocycles. The molecule has 5 heteroatoms. The van der Waals surface area contributed by atoms with E-state index in [1.54, 1.807) is 0 Å². The normalized spacial score (nSPS) is 16.8. The van der Waals surface area contributed by atoms with Gasteiger partial charge in [0.15, 0.2) is 0 Å². The number of hydrogen-bond acceptors (Lipinski definition) is 3. The summed E-state index contributed by atoms with van der Waals surface area (Å²) in [4.78, 5) is 0.789. The summed E-state index contributed by atoms with van der Waals surface area (Å²) in [6, 6.07) is 28.8. The second-order valence-electron chi connectivity index (χ2n) is 10.1. The molecule has 36 heavy (non-hydrogen) atoms. The van der Waals surface area contributed by atoms with E-state index in [0.29, 0.717) is 39.3 Å². The Morgan fingerprint density at radius 2 is 1.22 bits per heavy atom. The highest BCUT2D eigenvalue weighted by atomic mass is 35.5. The molecule has 3 nitrogen and oxygen atoms in total. The minimum atomic E-state index is -1.28. The van der Waals surface area contributed by atoms with E-state index < -0.39 is 15.0 Å². The average Bonchev–Trinajstić information content (AvgIpc) is 2.88. The molecule has 0 spiro atoms. The van der Waals surface area contributed by atoms with E-state index in [1.165, 1.54) is 11.1 Å². The fourth-order valence-corrected chi connectivity index (χ4v) is 7.46. The predicted octanol–water partition coefficient (Wildman–Crippen LogP) is 7.12. The van der Waals surface area contributed by atoms with Crippen LogP contribution in [0.4, 0.5) is 0 Å². The molecule has 1 atom stereocenters. The Morgan fingerprint density at radius 1 is 0.750 bits per heavy atom. The quantitative estimate of drug-likeness (QED) is 0.166. The molecule has 0 aromatic heterocycles. The summed E-state index contributed by atoms with van der Waals surface area (Å²) in [7, 11) is -1.28. The maximum absolute atomic E-state index is 13.3. The molecule has 0 aliphatic heterocycles. The largest absolute Gasteiger partial charge is 0.381 e. The molecular weight excluding hydrogens is 488 g/mol. The van der Waals surface area contributed by atoms with E-state index in [9.17, 15) is 4.21 Å². The lowest BCUT2D eigenvalue weighted by Crippen LogP contribution is -2.55. The molecule has 0 amide bonds. The lowest BCUT2D eigenvalue weighted by atomic mass is 9.69. The van der Waals surface area contributed by atoms with Gasteiger partial charge in [0.1, 0.15) is 4.21 Å². The maximum atomic E-state index is 13.3. The summed E-state index contributed by atoms with van der Waals surface area (Å²) < 4.78 is 24.8. The molecule has 3 aromatic rings. The van der Waals surface area contributed by atoms with Crippen molar-refractivity contribution < 1.29 is 13.7 Å². The molecule has 0 heterocycles. The van der Waals surface area contributed by atoms with Gasteiger partial charge in [0, 0.05) is 23.5 Å². The van der Waals surface area contributed by atoms with Gasteiger partial charge in [-0.15, -0.1) is 11.6 Å². The zero-order chi connectivity index (χ0) is 25.3. The Kier molecular flexibility index (Phi) is 9.78. The number of hydrogen-bond donors (Lipinski definition) is 0. The molecular formula is C31H37ClO3S. The van der Waals surface area contributed by atoms with E-state index in [4.69, 9.17) is 21.1 Å². The van der Waals surface area contributed by atoms with Crippen LogP contribution in [-0.2, 0) is 33.1 Å². The molecule has 0 N–H and O–H groups in total. The van der Waals surface area contributed by atoms with Crippen molar-refractivity contribution in [2.24, 2.45) is 5.41 Å². The van der Waals surface area contributed by atoms with Crippen molar-refractivity contribution in [3.8, 4) is 0 Å². The third-order valence-corrected chi connectivity index (χ3v) is 9.20. The topological polar surface area (TPSA) is 35.5 Å². The van der Waals surface area contributed by atoms with Crippen LogP contribution < -0.4 is 0 Å². The average molecular weight is 525 g/mol. The SMILES string of the molecule is Cc1ccc(S(=O)C2(Cl)CC(COCCCc3ccccc3)(COCCCc3ccccc3)C2)cc1. The molecule has 192 valence electrons. The fourth-order valence-electron chi connectivity index (χ4n) is 4.94. The van der Waals surface area contributed by atoms with Gasteiger partial charge in [-0.3, -0.25) is 4.21 Å². The van der Waals surface area contributed by atoms with E-state index in [1.807, 2.05) is 43.3 Å². The van der Waals surface area contributed by atoms with Crippen LogP contribution in [0, 0.1) is 12.3 Å². The van der Waals surface area contributed by atoms with Crippen molar-refractivity contribution in [3.05, 3.63) is 102 Å². The minimum absolute atomic E-state index is 0.193. The van der Waals surface area contributed by atoms with Crippen LogP contribution in [-0.4, -0.2) is 34.8 Å². The monoisotopic (exact) mass is 524 g/mol. The van der Waals surface area contributed by atoms with Gasteiger partial charge in [0.2, 0.25) is 0 Å². The van der Waals surface area contributed by atoms with Crippen LogP contribution in [0.2, 0.25) is 0 Å². The summed E-state index contributed by atoms with van der Waals surface area (Å²) in [5, 5.41) is 0. The first-order valence-electron chi connectivity index (χ1n) is 12.9. The van der Waals surface area contributed by atoms with Gasteiger partial charge in [0.25, 0.3) is 0 Å². The van der Waals surface area contributed by atoms with Crippen molar-refractivity contribution in [2.45, 2.75) is 54.6 Å². The lowest BCUT2D eigenvalue weighted by molar-refractivity contribution is -0.0701. The van der Waals surface area contributed by atoms with Crippen molar-refractivity contribution in [1.29, 1.82) is 0 Å². The zero-order valence-electron chi connectivity index (χ0n) is 21.2.